The van der Waals surface area contributed by atoms with Gasteiger partial charge in [0, 0.05) is 19.2 Å². The summed E-state index contributed by atoms with van der Waals surface area (Å²) in [6, 6.07) is 5.89. The molecule has 0 spiro atoms. The largest absolute Gasteiger partial charge is 0.477 e. The molecule has 1 unspecified atom stereocenters. The monoisotopic (exact) mass is 420 g/mol. The summed E-state index contributed by atoms with van der Waals surface area (Å²) in [5.74, 6) is 2.43. The van der Waals surface area contributed by atoms with Gasteiger partial charge in [-0.05, 0) is 38.5 Å². The molecule has 0 fully saturated rings. The summed E-state index contributed by atoms with van der Waals surface area (Å²) in [6.45, 7) is 9.31. The zero-order valence-corrected chi connectivity index (χ0v) is 18.6. The third-order valence-corrected chi connectivity index (χ3v) is 5.28. The van der Waals surface area contributed by atoms with E-state index in [9.17, 15) is 0 Å². The Labute approximate surface area is 181 Å². The number of aryl methyl sites for hydroxylation is 2. The maximum absolute atomic E-state index is 5.75. The third kappa shape index (κ3) is 4.08. The summed E-state index contributed by atoms with van der Waals surface area (Å²) >= 11 is 0. The van der Waals surface area contributed by atoms with Crippen LogP contribution in [-0.4, -0.2) is 41.0 Å². The Kier molecular flexibility index (Phi) is 5.83. The number of anilines is 1. The molecular weight excluding hydrogens is 392 g/mol. The molecule has 162 valence electrons. The number of nitrogens with zero attached hydrogens (tertiary/aromatic N) is 7. The van der Waals surface area contributed by atoms with Crippen LogP contribution in [0.2, 0.25) is 0 Å². The summed E-state index contributed by atoms with van der Waals surface area (Å²) in [7, 11) is 1.86. The highest BCUT2D eigenvalue weighted by molar-refractivity contribution is 5.80. The molecule has 9 heteroatoms. The Morgan fingerprint density at radius 1 is 1.19 bits per heavy atom. The van der Waals surface area contributed by atoms with E-state index in [0.29, 0.717) is 24.9 Å². The first kappa shape index (κ1) is 20.8. The van der Waals surface area contributed by atoms with E-state index < -0.39 is 0 Å². The minimum atomic E-state index is 0.308. The first-order valence-electron chi connectivity index (χ1n) is 10.6. The van der Waals surface area contributed by atoms with Crippen LogP contribution < -0.4 is 10.1 Å². The summed E-state index contributed by atoms with van der Waals surface area (Å²) in [4.78, 5) is 13.6. The van der Waals surface area contributed by atoms with Gasteiger partial charge in [0.2, 0.25) is 5.88 Å². The van der Waals surface area contributed by atoms with Gasteiger partial charge in [0.05, 0.1) is 35.8 Å². The highest BCUT2D eigenvalue weighted by atomic mass is 16.5. The zero-order chi connectivity index (χ0) is 22.0. The number of aromatic nitrogens is 7. The van der Waals surface area contributed by atoms with Crippen molar-refractivity contribution in [1.82, 2.24) is 34.3 Å². The van der Waals surface area contributed by atoms with E-state index >= 15 is 0 Å². The molecule has 1 N–H and O–H groups in total. The lowest BCUT2D eigenvalue weighted by Crippen LogP contribution is -2.08. The number of hydrogen-bond acceptors (Lipinski definition) is 7. The fourth-order valence-electron chi connectivity index (χ4n) is 3.54. The van der Waals surface area contributed by atoms with Crippen LogP contribution in [0.15, 0.2) is 30.7 Å². The van der Waals surface area contributed by atoms with E-state index in [1.807, 2.05) is 43.6 Å². The second-order valence-electron chi connectivity index (χ2n) is 7.53. The van der Waals surface area contributed by atoms with Crippen molar-refractivity contribution in [3.63, 3.8) is 0 Å². The van der Waals surface area contributed by atoms with Crippen molar-refractivity contribution in [2.45, 2.75) is 46.6 Å². The lowest BCUT2D eigenvalue weighted by atomic mass is 10.0. The second-order valence-corrected chi connectivity index (χ2v) is 7.53. The average Bonchev–Trinajstić information content (AvgIpc) is 3.35. The highest BCUT2D eigenvalue weighted by Crippen LogP contribution is 2.34. The molecule has 0 saturated heterocycles. The van der Waals surface area contributed by atoms with Gasteiger partial charge in [0.25, 0.3) is 0 Å². The van der Waals surface area contributed by atoms with E-state index in [1.165, 1.54) is 0 Å². The van der Waals surface area contributed by atoms with Gasteiger partial charge in [-0.3, -0.25) is 4.68 Å². The minimum Gasteiger partial charge on any atom is -0.477 e. The molecule has 0 aliphatic heterocycles. The summed E-state index contributed by atoms with van der Waals surface area (Å²) in [6.07, 6.45) is 4.41. The normalized spacial score (nSPS) is 12.3. The molecule has 4 rings (SSSR count). The van der Waals surface area contributed by atoms with Crippen molar-refractivity contribution in [2.24, 2.45) is 7.05 Å². The van der Waals surface area contributed by atoms with Crippen LogP contribution in [0.1, 0.15) is 50.5 Å². The van der Waals surface area contributed by atoms with E-state index in [1.54, 1.807) is 17.2 Å². The molecule has 0 radical (unpaired) electrons. The van der Waals surface area contributed by atoms with Crippen LogP contribution >= 0.6 is 0 Å². The van der Waals surface area contributed by atoms with Crippen LogP contribution in [0.3, 0.4) is 0 Å². The van der Waals surface area contributed by atoms with Gasteiger partial charge < -0.3 is 10.1 Å². The summed E-state index contributed by atoms with van der Waals surface area (Å²) in [5, 5.41) is 12.8. The van der Waals surface area contributed by atoms with Crippen molar-refractivity contribution >= 4 is 11.2 Å². The number of hydrogen-bond donors (Lipinski definition) is 1. The molecule has 4 aromatic heterocycles. The molecule has 9 nitrogen and oxygen atoms in total. The van der Waals surface area contributed by atoms with Gasteiger partial charge in [-0.15, -0.1) is 0 Å². The Morgan fingerprint density at radius 2 is 2.03 bits per heavy atom. The van der Waals surface area contributed by atoms with Gasteiger partial charge in [0.1, 0.15) is 17.7 Å². The molecule has 31 heavy (non-hydrogen) atoms. The van der Waals surface area contributed by atoms with Crippen molar-refractivity contribution in [1.29, 1.82) is 0 Å². The molecule has 4 heterocycles. The number of rotatable bonds is 8. The van der Waals surface area contributed by atoms with Crippen LogP contribution in [0.4, 0.5) is 5.69 Å². The second kappa shape index (κ2) is 8.71. The molecule has 0 aromatic carbocycles. The van der Waals surface area contributed by atoms with Gasteiger partial charge in [-0.25, -0.2) is 19.5 Å². The number of imidazole rings is 1. The molecule has 0 amide bonds. The number of pyridine rings is 1. The Hall–Kier alpha value is -3.49. The standard InChI is InChI=1S/C22H28N8O/c1-6-14(3)20-21-18(24-12-19-25-13-29(5)28-19)11-17(27-30(21)15(4)26-20)16-9-8-10-23-22(16)31-7-2/h8-11,13-14,24H,6-7,12H2,1-5H3. The number of fused-ring (bicyclic) bond motifs is 1. The molecule has 0 aliphatic rings. The molecule has 0 bridgehead atoms. The Bertz CT molecular complexity index is 1200. The maximum atomic E-state index is 5.75. The quantitative estimate of drug-likeness (QED) is 0.464. The van der Waals surface area contributed by atoms with Crippen LogP contribution in [-0.2, 0) is 13.6 Å². The van der Waals surface area contributed by atoms with Gasteiger partial charge in [-0.1, -0.05) is 13.8 Å². The zero-order valence-electron chi connectivity index (χ0n) is 18.6. The van der Waals surface area contributed by atoms with Crippen molar-refractivity contribution in [3.05, 3.63) is 48.1 Å². The Morgan fingerprint density at radius 3 is 2.74 bits per heavy atom. The average molecular weight is 421 g/mol. The van der Waals surface area contributed by atoms with E-state index in [4.69, 9.17) is 14.8 Å². The van der Waals surface area contributed by atoms with Crippen LogP contribution in [0, 0.1) is 6.92 Å². The SMILES string of the molecule is CCOc1ncccc1-c1cc(NCc2ncn(C)n2)c2c(C(C)CC)nc(C)n2n1. The van der Waals surface area contributed by atoms with Crippen LogP contribution in [0.5, 0.6) is 5.88 Å². The Balaban J connectivity index is 1.87. The predicted octanol–water partition coefficient (Wildman–Crippen LogP) is 3.75. The van der Waals surface area contributed by atoms with Crippen molar-refractivity contribution in [2.75, 3.05) is 11.9 Å². The van der Waals surface area contributed by atoms with Gasteiger partial charge in [-0.2, -0.15) is 10.2 Å². The lowest BCUT2D eigenvalue weighted by molar-refractivity contribution is 0.328. The topological polar surface area (TPSA) is 95.0 Å². The minimum absolute atomic E-state index is 0.308. The van der Waals surface area contributed by atoms with E-state index in [0.717, 1.165) is 46.2 Å². The highest BCUT2D eigenvalue weighted by Gasteiger charge is 2.21. The fraction of sp³-hybridized carbons (Fsp3) is 0.409. The summed E-state index contributed by atoms with van der Waals surface area (Å²) in [5.41, 5.74) is 4.54. The molecule has 0 saturated carbocycles. The van der Waals surface area contributed by atoms with E-state index in [2.05, 4.69) is 34.2 Å². The van der Waals surface area contributed by atoms with Crippen molar-refractivity contribution < 1.29 is 4.74 Å². The van der Waals surface area contributed by atoms with Crippen LogP contribution in [0.25, 0.3) is 16.8 Å². The lowest BCUT2D eigenvalue weighted by Gasteiger charge is -2.14. The molecule has 4 aromatic rings. The molecule has 0 aliphatic carbocycles. The predicted molar refractivity (Wildman–Crippen MR) is 119 cm³/mol. The number of ether oxygens (including phenoxy) is 1. The van der Waals surface area contributed by atoms with Crippen molar-refractivity contribution in [3.8, 4) is 17.1 Å². The molecule has 1 atom stereocenters. The van der Waals surface area contributed by atoms with Gasteiger partial charge in [0.15, 0.2) is 5.82 Å². The fourth-order valence-corrected chi connectivity index (χ4v) is 3.54. The third-order valence-electron chi connectivity index (χ3n) is 5.28. The smallest absolute Gasteiger partial charge is 0.222 e. The first-order chi connectivity index (χ1) is 15.0. The summed E-state index contributed by atoms with van der Waals surface area (Å²) < 4.78 is 9.35. The first-order valence-corrected chi connectivity index (χ1v) is 10.6. The van der Waals surface area contributed by atoms with Gasteiger partial charge >= 0.3 is 0 Å². The maximum Gasteiger partial charge on any atom is 0.222 e. The number of nitrogens with one attached hydrogen (secondary N) is 1. The van der Waals surface area contributed by atoms with E-state index in [-0.39, 0.29) is 0 Å². The molecular formula is C22H28N8O.